The Morgan fingerprint density at radius 1 is 1.00 bits per heavy atom. The van der Waals surface area contributed by atoms with Crippen molar-refractivity contribution in [1.82, 2.24) is 0 Å². The first-order valence-electron chi connectivity index (χ1n) is 7.08. The van der Waals surface area contributed by atoms with E-state index in [1.54, 1.807) is 0 Å². The fourth-order valence-corrected chi connectivity index (χ4v) is 2.17. The maximum Gasteiger partial charge on any atom is 0.135 e. The molecule has 2 nitrogen and oxygen atoms in total. The van der Waals surface area contributed by atoms with Crippen LogP contribution in [0, 0.1) is 0 Å². The molecule has 3 aromatic rings. The van der Waals surface area contributed by atoms with Crippen LogP contribution in [0.15, 0.2) is 59.0 Å². The van der Waals surface area contributed by atoms with E-state index in [0.717, 1.165) is 47.5 Å². The summed E-state index contributed by atoms with van der Waals surface area (Å²) in [4.78, 5) is 0. The van der Waals surface area contributed by atoms with E-state index >= 15 is 0 Å². The summed E-state index contributed by atoms with van der Waals surface area (Å²) in [6.07, 6.45) is 2.24. The number of furan rings is 1. The Morgan fingerprint density at radius 2 is 1.80 bits per heavy atom. The van der Waals surface area contributed by atoms with Gasteiger partial charge < -0.3 is 9.15 Å². The molecule has 0 N–H and O–H groups in total. The van der Waals surface area contributed by atoms with Gasteiger partial charge in [0.1, 0.15) is 17.1 Å². The van der Waals surface area contributed by atoms with Crippen LogP contribution in [0.5, 0.6) is 5.75 Å². The summed E-state index contributed by atoms with van der Waals surface area (Å²) in [6.45, 7) is 2.94. The minimum Gasteiger partial charge on any atom is -0.494 e. The largest absolute Gasteiger partial charge is 0.494 e. The zero-order chi connectivity index (χ0) is 13.8. The Hall–Kier alpha value is -2.22. The van der Waals surface area contributed by atoms with Crippen molar-refractivity contribution in [1.29, 1.82) is 0 Å². The summed E-state index contributed by atoms with van der Waals surface area (Å²) < 4.78 is 11.5. The molecule has 0 aliphatic rings. The highest BCUT2D eigenvalue weighted by Crippen LogP contribution is 2.28. The summed E-state index contributed by atoms with van der Waals surface area (Å²) >= 11 is 0. The Labute approximate surface area is 119 Å². The summed E-state index contributed by atoms with van der Waals surface area (Å²) in [5.74, 6) is 1.81. The van der Waals surface area contributed by atoms with E-state index in [2.05, 4.69) is 19.1 Å². The van der Waals surface area contributed by atoms with Crippen LogP contribution in [0.4, 0.5) is 0 Å². The SMILES string of the molecule is CCCCOc1ccc(-c2cc3ccccc3o2)cc1. The van der Waals surface area contributed by atoms with E-state index in [4.69, 9.17) is 9.15 Å². The monoisotopic (exact) mass is 266 g/mol. The van der Waals surface area contributed by atoms with Crippen molar-refractivity contribution >= 4 is 11.0 Å². The molecule has 2 heteroatoms. The van der Waals surface area contributed by atoms with Gasteiger partial charge in [-0.15, -0.1) is 0 Å². The van der Waals surface area contributed by atoms with Crippen LogP contribution in [0.2, 0.25) is 0 Å². The number of ether oxygens (including phenoxy) is 1. The van der Waals surface area contributed by atoms with Crippen LogP contribution < -0.4 is 4.74 Å². The van der Waals surface area contributed by atoms with Gasteiger partial charge in [-0.2, -0.15) is 0 Å². The number of rotatable bonds is 5. The maximum absolute atomic E-state index is 5.85. The number of benzene rings is 2. The molecule has 0 saturated carbocycles. The number of fused-ring (bicyclic) bond motifs is 1. The third-order valence-electron chi connectivity index (χ3n) is 3.33. The first kappa shape index (κ1) is 12.8. The number of unbranched alkanes of at least 4 members (excludes halogenated alkanes) is 1. The summed E-state index contributed by atoms with van der Waals surface area (Å²) in [5.41, 5.74) is 2.00. The van der Waals surface area contributed by atoms with Crippen LogP contribution in [0.3, 0.4) is 0 Å². The summed E-state index contributed by atoms with van der Waals surface area (Å²) in [7, 11) is 0. The van der Waals surface area contributed by atoms with Crippen LogP contribution >= 0.6 is 0 Å². The Kier molecular flexibility index (Phi) is 3.73. The minimum atomic E-state index is 0.778. The van der Waals surface area contributed by atoms with E-state index < -0.39 is 0 Å². The van der Waals surface area contributed by atoms with Gasteiger partial charge in [-0.05, 0) is 42.8 Å². The lowest BCUT2D eigenvalue weighted by Gasteiger charge is -2.05. The smallest absolute Gasteiger partial charge is 0.135 e. The lowest BCUT2D eigenvalue weighted by Crippen LogP contribution is -1.95. The van der Waals surface area contributed by atoms with Crippen molar-refractivity contribution in [2.45, 2.75) is 19.8 Å². The second-order valence-electron chi connectivity index (χ2n) is 4.87. The Morgan fingerprint density at radius 3 is 2.55 bits per heavy atom. The van der Waals surface area contributed by atoms with Gasteiger partial charge in [0.15, 0.2) is 0 Å². The summed E-state index contributed by atoms with van der Waals surface area (Å²) in [5, 5.41) is 1.13. The van der Waals surface area contributed by atoms with Gasteiger partial charge in [0, 0.05) is 10.9 Å². The molecule has 20 heavy (non-hydrogen) atoms. The molecule has 0 atom stereocenters. The first-order valence-corrected chi connectivity index (χ1v) is 7.08. The van der Waals surface area contributed by atoms with Crippen LogP contribution in [0.1, 0.15) is 19.8 Å². The molecular formula is C18H18O2. The lowest BCUT2D eigenvalue weighted by atomic mass is 10.1. The van der Waals surface area contributed by atoms with Gasteiger partial charge in [0.05, 0.1) is 6.61 Å². The molecule has 0 spiro atoms. The van der Waals surface area contributed by atoms with Gasteiger partial charge in [-0.1, -0.05) is 31.5 Å². The third kappa shape index (κ3) is 2.69. The number of hydrogen-bond donors (Lipinski definition) is 0. The molecule has 0 unspecified atom stereocenters. The molecule has 1 aromatic heterocycles. The fraction of sp³-hybridized carbons (Fsp3) is 0.222. The second kappa shape index (κ2) is 5.83. The molecule has 0 radical (unpaired) electrons. The van der Waals surface area contributed by atoms with Crippen LogP contribution in [-0.2, 0) is 0 Å². The molecule has 1 heterocycles. The average Bonchev–Trinajstić information content (AvgIpc) is 2.92. The van der Waals surface area contributed by atoms with E-state index in [-0.39, 0.29) is 0 Å². The van der Waals surface area contributed by atoms with E-state index in [1.165, 1.54) is 0 Å². The van der Waals surface area contributed by atoms with Gasteiger partial charge >= 0.3 is 0 Å². The molecule has 0 saturated heterocycles. The Bertz CT molecular complexity index is 647. The molecule has 0 amide bonds. The lowest BCUT2D eigenvalue weighted by molar-refractivity contribution is 0.309. The maximum atomic E-state index is 5.85. The van der Waals surface area contributed by atoms with Gasteiger partial charge in [-0.25, -0.2) is 0 Å². The standard InChI is InChI=1S/C18H18O2/c1-2-3-12-19-16-10-8-14(9-11-16)18-13-15-6-4-5-7-17(15)20-18/h4-11,13H,2-3,12H2,1H3. The minimum absolute atomic E-state index is 0.778. The third-order valence-corrected chi connectivity index (χ3v) is 3.33. The highest BCUT2D eigenvalue weighted by molar-refractivity contribution is 5.82. The molecule has 0 fully saturated rings. The average molecular weight is 266 g/mol. The molecule has 0 aliphatic carbocycles. The molecule has 102 valence electrons. The van der Waals surface area contributed by atoms with Crippen molar-refractivity contribution in [3.8, 4) is 17.1 Å². The fourth-order valence-electron chi connectivity index (χ4n) is 2.17. The molecule has 0 aliphatic heterocycles. The zero-order valence-electron chi connectivity index (χ0n) is 11.6. The molecule has 3 rings (SSSR count). The number of hydrogen-bond acceptors (Lipinski definition) is 2. The van der Waals surface area contributed by atoms with E-state index in [0.29, 0.717) is 0 Å². The quantitative estimate of drug-likeness (QED) is 0.586. The highest BCUT2D eigenvalue weighted by Gasteiger charge is 2.05. The molecular weight excluding hydrogens is 248 g/mol. The van der Waals surface area contributed by atoms with Gasteiger partial charge in [0.25, 0.3) is 0 Å². The van der Waals surface area contributed by atoms with Gasteiger partial charge in [0.2, 0.25) is 0 Å². The predicted molar refractivity (Wildman–Crippen MR) is 82.1 cm³/mol. The van der Waals surface area contributed by atoms with Crippen molar-refractivity contribution in [2.24, 2.45) is 0 Å². The number of para-hydroxylation sites is 1. The zero-order valence-corrected chi connectivity index (χ0v) is 11.6. The van der Waals surface area contributed by atoms with Crippen LogP contribution in [0.25, 0.3) is 22.3 Å². The molecule has 2 aromatic carbocycles. The van der Waals surface area contributed by atoms with Crippen LogP contribution in [-0.4, -0.2) is 6.61 Å². The normalized spacial score (nSPS) is 10.8. The Balaban J connectivity index is 1.79. The van der Waals surface area contributed by atoms with Crippen molar-refractivity contribution < 1.29 is 9.15 Å². The highest BCUT2D eigenvalue weighted by atomic mass is 16.5. The second-order valence-corrected chi connectivity index (χ2v) is 4.87. The van der Waals surface area contributed by atoms with E-state index in [1.807, 2.05) is 42.5 Å². The van der Waals surface area contributed by atoms with Crippen molar-refractivity contribution in [2.75, 3.05) is 6.61 Å². The summed E-state index contributed by atoms with van der Waals surface area (Å²) in [6, 6.07) is 18.2. The molecule has 0 bridgehead atoms. The van der Waals surface area contributed by atoms with E-state index in [9.17, 15) is 0 Å². The van der Waals surface area contributed by atoms with Gasteiger partial charge in [-0.3, -0.25) is 0 Å². The first-order chi connectivity index (χ1) is 9.86. The topological polar surface area (TPSA) is 22.4 Å². The van der Waals surface area contributed by atoms with Crippen molar-refractivity contribution in [3.05, 3.63) is 54.6 Å². The predicted octanol–water partition coefficient (Wildman–Crippen LogP) is 5.28. The van der Waals surface area contributed by atoms with Crippen molar-refractivity contribution in [3.63, 3.8) is 0 Å².